The molecule has 0 aromatic rings. The van der Waals surface area contributed by atoms with Crippen molar-refractivity contribution in [1.82, 2.24) is 10.2 Å². The number of ether oxygens (including phenoxy) is 1. The van der Waals surface area contributed by atoms with E-state index in [0.717, 1.165) is 0 Å². The van der Waals surface area contributed by atoms with Gasteiger partial charge in [-0.1, -0.05) is 11.8 Å². The van der Waals surface area contributed by atoms with Gasteiger partial charge < -0.3 is 15.0 Å². The number of hydrogen-bond donors (Lipinski definition) is 1. The van der Waals surface area contributed by atoms with E-state index in [1.54, 1.807) is 46.7 Å². The van der Waals surface area contributed by atoms with Crippen molar-refractivity contribution in [3.63, 3.8) is 0 Å². The molecule has 7 heteroatoms. The summed E-state index contributed by atoms with van der Waals surface area (Å²) in [4.78, 5) is 29.0. The fourth-order valence-corrected chi connectivity index (χ4v) is 1.61. The molecule has 0 aliphatic heterocycles. The number of hydrogen-bond acceptors (Lipinski definition) is 4. The lowest BCUT2D eigenvalue weighted by molar-refractivity contribution is -0.119. The smallest absolute Gasteiger partial charge is 0.408 e. The van der Waals surface area contributed by atoms with Crippen molar-refractivity contribution >= 4 is 28.9 Å². The third-order valence-corrected chi connectivity index (χ3v) is 2.70. The van der Waals surface area contributed by atoms with Crippen molar-refractivity contribution in [2.45, 2.75) is 39.3 Å². The first-order valence-electron chi connectivity index (χ1n) is 5.90. The molecule has 0 radical (unpaired) electrons. The Bertz CT molecular complexity index is 362. The summed E-state index contributed by atoms with van der Waals surface area (Å²) in [5.74, 6) is -0.413. The minimum atomic E-state index is -0.725. The van der Waals surface area contributed by atoms with Gasteiger partial charge in [0, 0.05) is 14.1 Å². The van der Waals surface area contributed by atoms with Crippen LogP contribution in [0.2, 0.25) is 0 Å². The predicted molar refractivity (Wildman–Crippen MR) is 78.5 cm³/mol. The zero-order valence-corrected chi connectivity index (χ0v) is 13.4. The van der Waals surface area contributed by atoms with Crippen LogP contribution in [0.1, 0.15) is 27.7 Å². The van der Waals surface area contributed by atoms with Crippen LogP contribution >= 0.6 is 11.8 Å². The molecule has 1 atom stereocenters. The Labute approximate surface area is 119 Å². The molecule has 0 saturated heterocycles. The number of thioether (sulfide) groups is 1. The SMILES string of the molecule is CSC(=NC(=O)[C@H](C)NC(=O)OC(C)(C)C)N(C)C. The van der Waals surface area contributed by atoms with E-state index in [0.29, 0.717) is 5.17 Å². The number of rotatable bonds is 2. The monoisotopic (exact) mass is 289 g/mol. The van der Waals surface area contributed by atoms with Gasteiger partial charge in [0.1, 0.15) is 11.6 Å². The molecule has 0 fully saturated rings. The Morgan fingerprint density at radius 1 is 1.32 bits per heavy atom. The molecule has 0 bridgehead atoms. The van der Waals surface area contributed by atoms with Gasteiger partial charge >= 0.3 is 6.09 Å². The van der Waals surface area contributed by atoms with Gasteiger partial charge in [-0.25, -0.2) is 4.79 Å². The molecule has 0 rings (SSSR count). The van der Waals surface area contributed by atoms with Crippen LogP contribution in [0, 0.1) is 0 Å². The Morgan fingerprint density at radius 2 is 1.84 bits per heavy atom. The summed E-state index contributed by atoms with van der Waals surface area (Å²) in [5.41, 5.74) is -0.593. The summed E-state index contributed by atoms with van der Waals surface area (Å²) in [6.07, 6.45) is 1.21. The highest BCUT2D eigenvalue weighted by molar-refractivity contribution is 8.13. The highest BCUT2D eigenvalue weighted by atomic mass is 32.2. The summed E-state index contributed by atoms with van der Waals surface area (Å²) in [7, 11) is 3.60. The molecule has 0 unspecified atom stereocenters. The Hall–Kier alpha value is -1.24. The van der Waals surface area contributed by atoms with Crippen LogP contribution in [0.25, 0.3) is 0 Å². The number of carbonyl (C=O) groups excluding carboxylic acids is 2. The van der Waals surface area contributed by atoms with E-state index < -0.39 is 23.6 Å². The van der Waals surface area contributed by atoms with Crippen molar-refractivity contribution in [3.8, 4) is 0 Å². The fraction of sp³-hybridized carbons (Fsp3) is 0.750. The largest absolute Gasteiger partial charge is 0.444 e. The fourth-order valence-electron chi connectivity index (χ4n) is 1.07. The second-order valence-electron chi connectivity index (χ2n) is 5.20. The summed E-state index contributed by atoms with van der Waals surface area (Å²) >= 11 is 1.36. The van der Waals surface area contributed by atoms with E-state index >= 15 is 0 Å². The number of aliphatic imine (C=N–C) groups is 1. The van der Waals surface area contributed by atoms with Crippen molar-refractivity contribution in [2.24, 2.45) is 4.99 Å². The van der Waals surface area contributed by atoms with Crippen LogP contribution in [0.5, 0.6) is 0 Å². The molecule has 0 aliphatic rings. The van der Waals surface area contributed by atoms with Crippen molar-refractivity contribution in [2.75, 3.05) is 20.4 Å². The van der Waals surface area contributed by atoms with Crippen LogP contribution in [0.3, 0.4) is 0 Å². The lowest BCUT2D eigenvalue weighted by atomic mass is 10.2. The topological polar surface area (TPSA) is 71.0 Å². The average Bonchev–Trinajstić information content (AvgIpc) is 2.21. The van der Waals surface area contributed by atoms with E-state index in [1.165, 1.54) is 11.8 Å². The van der Waals surface area contributed by atoms with Crippen LogP contribution < -0.4 is 5.32 Å². The molecule has 0 spiro atoms. The molecule has 110 valence electrons. The molecule has 2 amide bonds. The Kier molecular flexibility index (Phi) is 6.89. The zero-order chi connectivity index (χ0) is 15.2. The third kappa shape index (κ3) is 7.71. The van der Waals surface area contributed by atoms with Crippen molar-refractivity contribution in [3.05, 3.63) is 0 Å². The maximum absolute atomic E-state index is 11.8. The van der Waals surface area contributed by atoms with Gasteiger partial charge in [0.05, 0.1) is 0 Å². The van der Waals surface area contributed by atoms with Crippen LogP contribution in [-0.4, -0.2) is 54.1 Å². The number of amides is 2. The molecule has 0 aromatic carbocycles. The molecule has 1 N–H and O–H groups in total. The van der Waals surface area contributed by atoms with Crippen molar-refractivity contribution in [1.29, 1.82) is 0 Å². The Morgan fingerprint density at radius 3 is 2.21 bits per heavy atom. The van der Waals surface area contributed by atoms with Gasteiger partial charge in [0.25, 0.3) is 5.91 Å². The molecule has 0 aliphatic carbocycles. The lowest BCUT2D eigenvalue weighted by Crippen LogP contribution is -2.41. The first-order chi connectivity index (χ1) is 8.56. The van der Waals surface area contributed by atoms with Crippen LogP contribution in [-0.2, 0) is 9.53 Å². The standard InChI is InChI=1S/C12H23N3O3S/c1-8(13-11(17)18-12(2,3)4)9(16)14-10(19-7)15(5)6/h8H,1-7H3,(H,13,17)/t8-/m0/s1. The molecule has 19 heavy (non-hydrogen) atoms. The lowest BCUT2D eigenvalue weighted by Gasteiger charge is -2.21. The summed E-state index contributed by atoms with van der Waals surface area (Å²) in [6.45, 7) is 6.85. The number of carbonyl (C=O) groups is 2. The minimum Gasteiger partial charge on any atom is -0.444 e. The maximum Gasteiger partial charge on any atom is 0.408 e. The molecule has 6 nitrogen and oxygen atoms in total. The highest BCUT2D eigenvalue weighted by Gasteiger charge is 2.21. The van der Waals surface area contributed by atoms with Gasteiger partial charge in [-0.05, 0) is 34.0 Å². The van der Waals surface area contributed by atoms with E-state index in [1.807, 2.05) is 6.26 Å². The first kappa shape index (κ1) is 17.8. The highest BCUT2D eigenvalue weighted by Crippen LogP contribution is 2.07. The van der Waals surface area contributed by atoms with E-state index in [2.05, 4.69) is 10.3 Å². The number of amidine groups is 1. The summed E-state index contributed by atoms with van der Waals surface area (Å²) in [6, 6.07) is -0.725. The first-order valence-corrected chi connectivity index (χ1v) is 7.12. The predicted octanol–water partition coefficient (Wildman–Crippen LogP) is 1.71. The quantitative estimate of drug-likeness (QED) is 0.619. The summed E-state index contributed by atoms with van der Waals surface area (Å²) < 4.78 is 5.07. The van der Waals surface area contributed by atoms with E-state index in [4.69, 9.17) is 4.74 Å². The number of alkyl carbamates (subject to hydrolysis) is 1. The van der Waals surface area contributed by atoms with Gasteiger partial charge in [-0.2, -0.15) is 4.99 Å². The van der Waals surface area contributed by atoms with Crippen molar-refractivity contribution < 1.29 is 14.3 Å². The minimum absolute atomic E-state index is 0.413. The van der Waals surface area contributed by atoms with Gasteiger partial charge in [0.2, 0.25) is 0 Å². The van der Waals surface area contributed by atoms with Crippen LogP contribution in [0.15, 0.2) is 4.99 Å². The third-order valence-electron chi connectivity index (χ3n) is 1.87. The van der Waals surface area contributed by atoms with E-state index in [9.17, 15) is 9.59 Å². The second-order valence-corrected chi connectivity index (χ2v) is 5.97. The number of nitrogens with zero attached hydrogens (tertiary/aromatic N) is 2. The maximum atomic E-state index is 11.8. The van der Waals surface area contributed by atoms with E-state index in [-0.39, 0.29) is 0 Å². The number of nitrogens with one attached hydrogen (secondary N) is 1. The van der Waals surface area contributed by atoms with Gasteiger partial charge in [-0.15, -0.1) is 0 Å². The molecule has 0 saturated carbocycles. The average molecular weight is 289 g/mol. The van der Waals surface area contributed by atoms with Gasteiger partial charge in [-0.3, -0.25) is 4.79 Å². The molecule has 0 aromatic heterocycles. The van der Waals surface area contributed by atoms with Crippen LogP contribution in [0.4, 0.5) is 4.79 Å². The summed E-state index contributed by atoms with van der Waals surface area (Å²) in [5, 5.41) is 3.04. The second kappa shape index (κ2) is 7.37. The normalized spacial score (nSPS) is 13.7. The zero-order valence-electron chi connectivity index (χ0n) is 12.6. The van der Waals surface area contributed by atoms with Gasteiger partial charge in [0.15, 0.2) is 5.17 Å². The molecular weight excluding hydrogens is 266 g/mol. The molecule has 0 heterocycles. The Balaban J connectivity index is 4.55. The molecular formula is C12H23N3O3S.